The highest BCUT2D eigenvalue weighted by Crippen LogP contribution is 2.22. The largest absolute Gasteiger partial charge is 0.355 e. The molecule has 0 radical (unpaired) electrons. The number of nitrogens with one attached hydrogen (secondary N) is 4. The lowest BCUT2D eigenvalue weighted by atomic mass is 9.89. The van der Waals surface area contributed by atoms with Crippen molar-refractivity contribution in [1.82, 2.24) is 21.3 Å². The van der Waals surface area contributed by atoms with Gasteiger partial charge >= 0.3 is 0 Å². The van der Waals surface area contributed by atoms with Gasteiger partial charge in [-0.3, -0.25) is 4.79 Å². The maximum absolute atomic E-state index is 12.1. The van der Waals surface area contributed by atoms with Crippen molar-refractivity contribution in [2.45, 2.75) is 96.4 Å². The molecule has 1 amide bonds. The number of hydrogen-bond donors (Lipinski definition) is 5. The summed E-state index contributed by atoms with van der Waals surface area (Å²) in [5.74, 6) is 0.886. The number of nitrogens with two attached hydrogens (primary N) is 1. The molecule has 1 rings (SSSR count). The van der Waals surface area contributed by atoms with Crippen molar-refractivity contribution in [1.29, 1.82) is 0 Å². The second-order valence-corrected chi connectivity index (χ2v) is 9.02. The average Bonchev–Trinajstić information content (AvgIpc) is 2.77. The standard InChI is InChI=1S/C24H51N5O/c1-2-3-15-26-16-9-10-17-27-19-11-20-29-24(30)23(25)14-7-8-18-28-21-22-12-5-4-6-13-22/h22-23,26-28H,2-21,25H2,1H3,(H,29,30)/t23-/m0/s1. The Labute approximate surface area is 186 Å². The van der Waals surface area contributed by atoms with Crippen molar-refractivity contribution in [3.63, 3.8) is 0 Å². The number of unbranched alkanes of at least 4 members (excludes halogenated alkanes) is 3. The number of carbonyl (C=O) groups excluding carboxylic acids is 1. The summed E-state index contributed by atoms with van der Waals surface area (Å²) in [5, 5.41) is 13.5. The third-order valence-corrected chi connectivity index (χ3v) is 6.11. The summed E-state index contributed by atoms with van der Waals surface area (Å²) in [6.45, 7) is 9.40. The van der Waals surface area contributed by atoms with Gasteiger partial charge in [-0.15, -0.1) is 0 Å². The van der Waals surface area contributed by atoms with E-state index >= 15 is 0 Å². The summed E-state index contributed by atoms with van der Waals surface area (Å²) >= 11 is 0. The molecule has 6 nitrogen and oxygen atoms in total. The van der Waals surface area contributed by atoms with E-state index in [1.165, 1.54) is 57.8 Å². The molecule has 0 saturated heterocycles. The van der Waals surface area contributed by atoms with Crippen LogP contribution in [0.25, 0.3) is 0 Å². The third-order valence-electron chi connectivity index (χ3n) is 6.11. The van der Waals surface area contributed by atoms with Gasteiger partial charge in [-0.2, -0.15) is 0 Å². The van der Waals surface area contributed by atoms with Crippen LogP contribution in [0.5, 0.6) is 0 Å². The Bertz CT molecular complexity index is 388. The number of carbonyl (C=O) groups is 1. The Kier molecular flexibility index (Phi) is 18.4. The van der Waals surface area contributed by atoms with E-state index in [4.69, 9.17) is 5.73 Å². The molecule has 0 heterocycles. The van der Waals surface area contributed by atoms with Gasteiger partial charge < -0.3 is 27.0 Å². The number of amides is 1. The van der Waals surface area contributed by atoms with Crippen molar-refractivity contribution in [3.05, 3.63) is 0 Å². The third kappa shape index (κ3) is 16.1. The molecule has 1 atom stereocenters. The monoisotopic (exact) mass is 425 g/mol. The fourth-order valence-corrected chi connectivity index (χ4v) is 4.05. The van der Waals surface area contributed by atoms with Crippen molar-refractivity contribution in [3.8, 4) is 0 Å². The molecular formula is C24H51N5O. The highest BCUT2D eigenvalue weighted by Gasteiger charge is 2.13. The maximum atomic E-state index is 12.1. The fraction of sp³-hybridized carbons (Fsp3) is 0.958. The second-order valence-electron chi connectivity index (χ2n) is 9.02. The summed E-state index contributed by atoms with van der Waals surface area (Å²) in [7, 11) is 0. The summed E-state index contributed by atoms with van der Waals surface area (Å²) in [5.41, 5.74) is 6.03. The lowest BCUT2D eigenvalue weighted by molar-refractivity contribution is -0.122. The van der Waals surface area contributed by atoms with Crippen LogP contribution in [0.2, 0.25) is 0 Å². The van der Waals surface area contributed by atoms with Crippen LogP contribution in [0.3, 0.4) is 0 Å². The van der Waals surface area contributed by atoms with Crippen LogP contribution in [0.1, 0.15) is 90.4 Å². The zero-order valence-corrected chi connectivity index (χ0v) is 19.8. The van der Waals surface area contributed by atoms with Crippen molar-refractivity contribution in [2.24, 2.45) is 11.7 Å². The Morgan fingerprint density at radius 2 is 1.40 bits per heavy atom. The lowest BCUT2D eigenvalue weighted by Gasteiger charge is -2.21. The Morgan fingerprint density at radius 1 is 0.800 bits per heavy atom. The molecule has 1 fully saturated rings. The van der Waals surface area contributed by atoms with E-state index < -0.39 is 0 Å². The second kappa shape index (κ2) is 20.2. The topological polar surface area (TPSA) is 91.2 Å². The zero-order chi connectivity index (χ0) is 21.7. The molecular weight excluding hydrogens is 374 g/mol. The van der Waals surface area contributed by atoms with Crippen molar-refractivity contribution >= 4 is 5.91 Å². The van der Waals surface area contributed by atoms with Gasteiger partial charge in [0.1, 0.15) is 0 Å². The minimum atomic E-state index is -0.364. The minimum Gasteiger partial charge on any atom is -0.355 e. The van der Waals surface area contributed by atoms with E-state index in [9.17, 15) is 4.79 Å². The van der Waals surface area contributed by atoms with Crippen molar-refractivity contribution in [2.75, 3.05) is 45.8 Å². The summed E-state index contributed by atoms with van der Waals surface area (Å²) in [6.07, 6.45) is 15.8. The Hall–Kier alpha value is -0.690. The molecule has 0 bridgehead atoms. The Balaban J connectivity index is 1.81. The van der Waals surface area contributed by atoms with E-state index in [2.05, 4.69) is 28.2 Å². The van der Waals surface area contributed by atoms with Gasteiger partial charge in [0, 0.05) is 6.54 Å². The highest BCUT2D eigenvalue weighted by atomic mass is 16.2. The van der Waals surface area contributed by atoms with Gasteiger partial charge in [0.15, 0.2) is 0 Å². The SMILES string of the molecule is CCCCNCCCCNCCCNC(=O)[C@@H](N)CCCCNCC1CCCCC1. The summed E-state index contributed by atoms with van der Waals surface area (Å²) < 4.78 is 0. The zero-order valence-electron chi connectivity index (χ0n) is 19.8. The molecule has 178 valence electrons. The first-order valence-corrected chi connectivity index (χ1v) is 12.9. The van der Waals surface area contributed by atoms with Gasteiger partial charge in [-0.25, -0.2) is 0 Å². The van der Waals surface area contributed by atoms with Crippen LogP contribution in [-0.2, 0) is 4.79 Å². The van der Waals surface area contributed by atoms with Crippen LogP contribution in [0.4, 0.5) is 0 Å². The van der Waals surface area contributed by atoms with E-state index in [0.29, 0.717) is 6.54 Å². The number of rotatable bonds is 20. The summed E-state index contributed by atoms with van der Waals surface area (Å²) in [6, 6.07) is -0.364. The predicted octanol–water partition coefficient (Wildman–Crippen LogP) is 2.92. The maximum Gasteiger partial charge on any atom is 0.236 e. The van der Waals surface area contributed by atoms with Gasteiger partial charge in [-0.05, 0) is 96.6 Å². The molecule has 1 saturated carbocycles. The van der Waals surface area contributed by atoms with E-state index in [1.807, 2.05) is 0 Å². The molecule has 0 aliphatic heterocycles. The first-order valence-electron chi connectivity index (χ1n) is 12.9. The van der Waals surface area contributed by atoms with Crippen LogP contribution in [-0.4, -0.2) is 57.8 Å². The van der Waals surface area contributed by atoms with Gasteiger partial charge in [0.25, 0.3) is 0 Å². The highest BCUT2D eigenvalue weighted by molar-refractivity contribution is 5.81. The smallest absolute Gasteiger partial charge is 0.236 e. The average molecular weight is 426 g/mol. The molecule has 0 aromatic heterocycles. The molecule has 6 N–H and O–H groups in total. The van der Waals surface area contributed by atoms with E-state index in [0.717, 1.165) is 70.9 Å². The first kappa shape index (κ1) is 27.3. The van der Waals surface area contributed by atoms with Crippen molar-refractivity contribution < 1.29 is 4.79 Å². The van der Waals surface area contributed by atoms with Gasteiger partial charge in [-0.1, -0.05) is 39.0 Å². The normalized spacial score (nSPS) is 15.9. The quantitative estimate of drug-likeness (QED) is 0.194. The molecule has 0 unspecified atom stereocenters. The van der Waals surface area contributed by atoms with E-state index in [-0.39, 0.29) is 11.9 Å². The van der Waals surface area contributed by atoms with Crippen LogP contribution < -0.4 is 27.0 Å². The van der Waals surface area contributed by atoms with Crippen LogP contribution in [0, 0.1) is 5.92 Å². The summed E-state index contributed by atoms with van der Waals surface area (Å²) in [4.78, 5) is 12.1. The molecule has 0 spiro atoms. The Morgan fingerprint density at radius 3 is 2.10 bits per heavy atom. The lowest BCUT2D eigenvalue weighted by Crippen LogP contribution is -2.41. The van der Waals surface area contributed by atoms with E-state index in [1.54, 1.807) is 0 Å². The molecule has 1 aliphatic carbocycles. The van der Waals surface area contributed by atoms with Gasteiger partial charge in [0.05, 0.1) is 6.04 Å². The van der Waals surface area contributed by atoms with Gasteiger partial charge in [0.2, 0.25) is 5.91 Å². The molecule has 0 aromatic rings. The molecule has 1 aliphatic rings. The minimum absolute atomic E-state index is 0.00307. The molecule has 0 aromatic carbocycles. The predicted molar refractivity (Wildman–Crippen MR) is 129 cm³/mol. The molecule has 6 heteroatoms. The van der Waals surface area contributed by atoms with Crippen LogP contribution >= 0.6 is 0 Å². The van der Waals surface area contributed by atoms with Crippen LogP contribution in [0.15, 0.2) is 0 Å². The first-order chi connectivity index (χ1) is 14.7. The molecule has 30 heavy (non-hydrogen) atoms. The number of hydrogen-bond acceptors (Lipinski definition) is 5. The fourth-order valence-electron chi connectivity index (χ4n) is 4.05.